The average Bonchev–Trinajstić information content (AvgIpc) is 2.14. The van der Waals surface area contributed by atoms with Gasteiger partial charge in [-0.2, -0.15) is 0 Å². The highest BCUT2D eigenvalue weighted by molar-refractivity contribution is 4.54. The molecule has 1 rings (SSSR count). The van der Waals surface area contributed by atoms with E-state index in [0.29, 0.717) is 0 Å². The second-order valence-electron chi connectivity index (χ2n) is 2.95. The largest absolute Gasteiger partial charge is 0.335 e. The van der Waals surface area contributed by atoms with Crippen LogP contribution >= 0.6 is 0 Å². The third kappa shape index (κ3) is 1.22. The normalized spacial score (nSPS) is 38.2. The highest BCUT2D eigenvalue weighted by Gasteiger charge is 2.19. The van der Waals surface area contributed by atoms with Crippen molar-refractivity contribution in [3.05, 3.63) is 0 Å². The van der Waals surface area contributed by atoms with Gasteiger partial charge in [0.2, 0.25) is 0 Å². The molecule has 1 fully saturated rings. The third-order valence-corrected chi connectivity index (χ3v) is 2.13. The molecule has 0 radical (unpaired) electrons. The van der Waals surface area contributed by atoms with Crippen LogP contribution in [0.5, 0.6) is 0 Å². The summed E-state index contributed by atoms with van der Waals surface area (Å²) in [4.78, 5) is 1.79. The van der Waals surface area contributed by atoms with Crippen molar-refractivity contribution in [3.8, 4) is 0 Å². The molecule has 1 heteroatoms. The van der Waals surface area contributed by atoms with Crippen LogP contribution in [0, 0.1) is 5.92 Å². The molecule has 0 amide bonds. The highest BCUT2D eigenvalue weighted by Crippen LogP contribution is 1.99. The fraction of sp³-hybridized carbons (Fsp3) is 1.00. The molecule has 0 aliphatic carbocycles. The van der Waals surface area contributed by atoms with Gasteiger partial charge in [-0.3, -0.25) is 0 Å². The first-order valence-corrected chi connectivity index (χ1v) is 3.66. The van der Waals surface area contributed by atoms with Crippen LogP contribution in [-0.4, -0.2) is 19.6 Å². The summed E-state index contributed by atoms with van der Waals surface area (Å²) < 4.78 is 0. The Hall–Kier alpha value is -0.0400. The topological polar surface area (TPSA) is 4.44 Å². The van der Waals surface area contributed by atoms with Crippen molar-refractivity contribution in [3.63, 3.8) is 0 Å². The Balaban J connectivity index is 2.22. The summed E-state index contributed by atoms with van der Waals surface area (Å²) in [5.74, 6) is 0.991. The number of nitrogens with one attached hydrogen (secondary N) is 1. The van der Waals surface area contributed by atoms with Gasteiger partial charge in [0.15, 0.2) is 0 Å². The van der Waals surface area contributed by atoms with E-state index in [-0.39, 0.29) is 0 Å². The molecule has 1 heterocycles. The van der Waals surface area contributed by atoms with Gasteiger partial charge >= 0.3 is 0 Å². The molecule has 0 aromatic rings. The highest BCUT2D eigenvalue weighted by atomic mass is 15.1. The number of hydrogen-bond donors (Lipinski definition) is 1. The maximum absolute atomic E-state index is 2.35. The zero-order valence-corrected chi connectivity index (χ0v) is 5.91. The zero-order valence-electron chi connectivity index (χ0n) is 5.91. The Kier molecular flexibility index (Phi) is 1.90. The van der Waals surface area contributed by atoms with Crippen molar-refractivity contribution < 1.29 is 4.90 Å². The lowest BCUT2D eigenvalue weighted by Gasteiger charge is -2.07. The maximum Gasteiger partial charge on any atom is 0.0798 e. The Morgan fingerprint density at radius 3 is 2.62 bits per heavy atom. The predicted molar refractivity (Wildman–Crippen MR) is 35.0 cm³/mol. The average molecular weight is 114 g/mol. The van der Waals surface area contributed by atoms with Gasteiger partial charge in [0.05, 0.1) is 19.6 Å². The monoisotopic (exact) mass is 114 g/mol. The van der Waals surface area contributed by atoms with Crippen molar-refractivity contribution in [2.24, 2.45) is 5.92 Å². The Morgan fingerprint density at radius 2 is 2.38 bits per heavy atom. The van der Waals surface area contributed by atoms with Crippen LogP contribution in [0.1, 0.15) is 20.3 Å². The first-order chi connectivity index (χ1) is 3.83. The molecule has 1 nitrogen and oxygen atoms in total. The third-order valence-electron chi connectivity index (χ3n) is 2.13. The second kappa shape index (κ2) is 2.49. The van der Waals surface area contributed by atoms with Gasteiger partial charge in [0.1, 0.15) is 0 Å². The van der Waals surface area contributed by atoms with Gasteiger partial charge in [0, 0.05) is 12.3 Å². The SMILES string of the molecule is CC[NH+]1CCC(C)C1. The molecule has 2 unspecified atom stereocenters. The molecule has 0 spiro atoms. The van der Waals surface area contributed by atoms with Crippen LogP contribution in [-0.2, 0) is 0 Å². The van der Waals surface area contributed by atoms with Crippen LogP contribution in [0.3, 0.4) is 0 Å². The summed E-state index contributed by atoms with van der Waals surface area (Å²) in [6.07, 6.45) is 1.45. The fourth-order valence-corrected chi connectivity index (χ4v) is 1.47. The first-order valence-electron chi connectivity index (χ1n) is 3.66. The zero-order chi connectivity index (χ0) is 5.98. The van der Waals surface area contributed by atoms with Crippen molar-refractivity contribution >= 4 is 0 Å². The minimum absolute atomic E-state index is 0.991. The van der Waals surface area contributed by atoms with E-state index in [0.717, 1.165) is 5.92 Å². The minimum atomic E-state index is 0.991. The molecule has 1 N–H and O–H groups in total. The van der Waals surface area contributed by atoms with Crippen LogP contribution < -0.4 is 4.90 Å². The van der Waals surface area contributed by atoms with Crippen molar-refractivity contribution in [1.29, 1.82) is 0 Å². The summed E-state index contributed by atoms with van der Waals surface area (Å²) in [7, 11) is 0. The molecule has 1 aliphatic rings. The van der Waals surface area contributed by atoms with Crippen molar-refractivity contribution in [2.45, 2.75) is 20.3 Å². The first kappa shape index (κ1) is 6.09. The van der Waals surface area contributed by atoms with Gasteiger partial charge in [0.25, 0.3) is 0 Å². The summed E-state index contributed by atoms with van der Waals surface area (Å²) in [6, 6.07) is 0. The number of rotatable bonds is 1. The molecule has 0 aromatic heterocycles. The van der Waals surface area contributed by atoms with Crippen molar-refractivity contribution in [2.75, 3.05) is 19.6 Å². The van der Waals surface area contributed by atoms with E-state index in [4.69, 9.17) is 0 Å². The molecule has 1 aliphatic heterocycles. The Morgan fingerprint density at radius 1 is 1.62 bits per heavy atom. The summed E-state index contributed by atoms with van der Waals surface area (Å²) >= 11 is 0. The van der Waals surface area contributed by atoms with Crippen LogP contribution in [0.15, 0.2) is 0 Å². The maximum atomic E-state index is 2.35. The lowest BCUT2D eigenvalue weighted by atomic mass is 10.2. The van der Waals surface area contributed by atoms with Gasteiger partial charge in [-0.05, 0) is 6.92 Å². The molecule has 0 bridgehead atoms. The predicted octanol–water partition coefficient (Wildman–Crippen LogP) is -0.0690. The smallest absolute Gasteiger partial charge is 0.0798 e. The van der Waals surface area contributed by atoms with Gasteiger partial charge in [-0.25, -0.2) is 0 Å². The molecular weight excluding hydrogens is 98.1 g/mol. The van der Waals surface area contributed by atoms with E-state index in [1.54, 1.807) is 4.90 Å². The molecular formula is C7H16N+. The summed E-state index contributed by atoms with van der Waals surface area (Å²) in [5.41, 5.74) is 0. The Bertz CT molecular complexity index is 70.8. The quantitative estimate of drug-likeness (QED) is 0.487. The molecule has 2 atom stereocenters. The Labute approximate surface area is 51.7 Å². The van der Waals surface area contributed by atoms with E-state index >= 15 is 0 Å². The molecule has 0 aromatic carbocycles. The summed E-state index contributed by atoms with van der Waals surface area (Å²) in [5, 5.41) is 0. The van der Waals surface area contributed by atoms with Gasteiger partial charge in [-0.15, -0.1) is 0 Å². The minimum Gasteiger partial charge on any atom is -0.335 e. The molecule has 48 valence electrons. The number of quaternary nitrogens is 1. The van der Waals surface area contributed by atoms with E-state index < -0.39 is 0 Å². The van der Waals surface area contributed by atoms with E-state index in [1.165, 1.54) is 26.1 Å². The van der Waals surface area contributed by atoms with E-state index in [1.807, 2.05) is 0 Å². The standard InChI is InChI=1S/C7H15N/c1-3-8-5-4-7(2)6-8/h7H,3-6H2,1-2H3/p+1. The van der Waals surface area contributed by atoms with Crippen LogP contribution in [0.2, 0.25) is 0 Å². The van der Waals surface area contributed by atoms with Crippen LogP contribution in [0.25, 0.3) is 0 Å². The second-order valence-corrected chi connectivity index (χ2v) is 2.95. The van der Waals surface area contributed by atoms with Crippen LogP contribution in [0.4, 0.5) is 0 Å². The van der Waals surface area contributed by atoms with Gasteiger partial charge < -0.3 is 4.90 Å². The number of hydrogen-bond acceptors (Lipinski definition) is 0. The number of likely N-dealkylation sites (tertiary alicyclic amines) is 1. The summed E-state index contributed by atoms with van der Waals surface area (Å²) in [6.45, 7) is 8.77. The lowest BCUT2D eigenvalue weighted by molar-refractivity contribution is -0.886. The van der Waals surface area contributed by atoms with E-state index in [2.05, 4.69) is 13.8 Å². The molecule has 0 saturated carbocycles. The molecule has 1 saturated heterocycles. The fourth-order valence-electron chi connectivity index (χ4n) is 1.47. The van der Waals surface area contributed by atoms with Crippen molar-refractivity contribution in [1.82, 2.24) is 0 Å². The lowest BCUT2D eigenvalue weighted by Crippen LogP contribution is -3.09. The molecule has 8 heavy (non-hydrogen) atoms. The van der Waals surface area contributed by atoms with E-state index in [9.17, 15) is 0 Å². The van der Waals surface area contributed by atoms with Gasteiger partial charge in [-0.1, -0.05) is 6.92 Å².